The highest BCUT2D eigenvalue weighted by Gasteiger charge is 2.59. The zero-order valence-corrected chi connectivity index (χ0v) is 25.8. The molecule has 5 aliphatic heterocycles. The molecule has 9 rings (SSSR count). The average Bonchev–Trinajstić information content (AvgIpc) is 3.65. The van der Waals surface area contributed by atoms with Crippen LogP contribution in [0.3, 0.4) is 0 Å². The standard InChI is InChI=1S/C32H37FN7O6/c1-19-13-24-22(15-35-38-24)25-21(19)5-2-11-44-31(41)46-20-16-39(8-12-43-17-20)29-23-14-34-28(25)26(33)27(23)36-30(37-29)45-18-32-6-3-9-40(32,42)10-4-7-32/h13-15,20,42H,2-12,16-18H2,1H3,(H,35,38)/q+1. The molecule has 5 aliphatic rings. The fraction of sp³-hybridized carbons (Fsp3) is 0.531. The number of hydroxylamine groups is 3. The average molecular weight is 635 g/mol. The quantitative estimate of drug-likeness (QED) is 0.247. The molecule has 6 bridgehead atoms. The molecule has 14 heteroatoms. The van der Waals surface area contributed by atoms with Gasteiger partial charge in [0.25, 0.3) is 0 Å². The van der Waals surface area contributed by atoms with Crippen molar-refractivity contribution in [3.05, 3.63) is 35.4 Å². The zero-order chi connectivity index (χ0) is 31.5. The molecule has 13 nitrogen and oxygen atoms in total. The first kappa shape index (κ1) is 29.3. The number of nitrogens with one attached hydrogen (secondary N) is 1. The number of aryl methyl sites for hydroxylation is 1. The number of H-pyrrole nitrogens is 1. The number of carbonyl (C=O) groups is 1. The molecule has 3 saturated heterocycles. The zero-order valence-electron chi connectivity index (χ0n) is 25.8. The molecular weight excluding hydrogens is 597 g/mol. The highest BCUT2D eigenvalue weighted by molar-refractivity contribution is 5.99. The molecule has 242 valence electrons. The van der Waals surface area contributed by atoms with E-state index in [0.717, 1.165) is 47.7 Å². The van der Waals surface area contributed by atoms with E-state index in [2.05, 4.69) is 15.2 Å². The van der Waals surface area contributed by atoms with Crippen LogP contribution in [0, 0.1) is 12.7 Å². The Morgan fingerprint density at radius 2 is 2.02 bits per heavy atom. The van der Waals surface area contributed by atoms with Gasteiger partial charge in [0.05, 0.1) is 43.5 Å². The number of nitrogens with zero attached hydrogens (tertiary/aromatic N) is 6. The summed E-state index contributed by atoms with van der Waals surface area (Å²) in [5.41, 5.74) is 2.95. The van der Waals surface area contributed by atoms with Gasteiger partial charge in [0.2, 0.25) is 0 Å². The van der Waals surface area contributed by atoms with Gasteiger partial charge < -0.3 is 23.8 Å². The Morgan fingerprint density at radius 3 is 2.87 bits per heavy atom. The van der Waals surface area contributed by atoms with Crippen molar-refractivity contribution < 1.29 is 38.0 Å². The summed E-state index contributed by atoms with van der Waals surface area (Å²) in [5.74, 6) is -0.194. The first-order valence-electron chi connectivity index (χ1n) is 16.1. The van der Waals surface area contributed by atoms with Crippen LogP contribution in [0.2, 0.25) is 0 Å². The van der Waals surface area contributed by atoms with Crippen LogP contribution in [0.1, 0.15) is 43.2 Å². The van der Waals surface area contributed by atoms with Gasteiger partial charge >= 0.3 is 12.2 Å². The van der Waals surface area contributed by atoms with Gasteiger partial charge in [0, 0.05) is 49.4 Å². The van der Waals surface area contributed by atoms with Crippen molar-refractivity contribution in [1.29, 1.82) is 0 Å². The number of fused-ring (bicyclic) bond motifs is 8. The Labute approximate surface area is 264 Å². The Bertz CT molecular complexity index is 1820. The minimum atomic E-state index is -0.768. The van der Waals surface area contributed by atoms with Gasteiger partial charge in [-0.3, -0.25) is 10.1 Å². The van der Waals surface area contributed by atoms with E-state index in [-0.39, 0.29) is 48.2 Å². The minimum absolute atomic E-state index is 0.00865. The summed E-state index contributed by atoms with van der Waals surface area (Å²) in [4.78, 5) is 28.7. The highest BCUT2D eigenvalue weighted by atomic mass is 19.1. The normalized spacial score (nSPS) is 26.6. The summed E-state index contributed by atoms with van der Waals surface area (Å²) < 4.78 is 40.2. The number of rotatable bonds is 3. The molecule has 2 N–H and O–H groups in total. The second-order valence-electron chi connectivity index (χ2n) is 12.9. The second kappa shape index (κ2) is 11.3. The highest BCUT2D eigenvalue weighted by Crippen LogP contribution is 2.45. The van der Waals surface area contributed by atoms with Crippen molar-refractivity contribution in [3.63, 3.8) is 0 Å². The van der Waals surface area contributed by atoms with Crippen LogP contribution in [0.15, 0.2) is 18.5 Å². The Balaban J connectivity index is 1.30. The molecule has 3 fully saturated rings. The molecular formula is C32H37FN7O6+. The number of carbonyl (C=O) groups excluding carboxylic acids is 1. The number of hydrogen-bond donors (Lipinski definition) is 2. The van der Waals surface area contributed by atoms with Gasteiger partial charge in [-0.25, -0.2) is 14.4 Å². The number of benzene rings is 1. The van der Waals surface area contributed by atoms with Crippen LogP contribution < -0.4 is 9.64 Å². The fourth-order valence-electron chi connectivity index (χ4n) is 7.91. The SMILES string of the molecule is Cc1cc2[nH]ncc2c2c1CCCOC(=O)OC1COCCN(C1)c1nc(OCC34CCC[N+]3(O)CCC4)nc3c(F)c-2ncc13. The molecule has 0 aliphatic carbocycles. The van der Waals surface area contributed by atoms with Crippen LogP contribution in [-0.2, 0) is 20.6 Å². The predicted molar refractivity (Wildman–Crippen MR) is 163 cm³/mol. The third-order valence-corrected chi connectivity index (χ3v) is 10.2. The maximum Gasteiger partial charge on any atom is 0.508 e. The molecule has 0 saturated carbocycles. The van der Waals surface area contributed by atoms with Gasteiger partial charge in [0.15, 0.2) is 11.4 Å². The summed E-state index contributed by atoms with van der Waals surface area (Å²) in [6, 6.07) is 1.99. The van der Waals surface area contributed by atoms with Crippen molar-refractivity contribution in [2.45, 2.75) is 57.1 Å². The number of anilines is 1. The number of ether oxygens (including phenoxy) is 4. The minimum Gasteiger partial charge on any atom is -0.457 e. The van der Waals surface area contributed by atoms with Crippen molar-refractivity contribution in [1.82, 2.24) is 25.1 Å². The lowest BCUT2D eigenvalue weighted by Crippen LogP contribution is -2.57. The van der Waals surface area contributed by atoms with Crippen LogP contribution in [0.25, 0.3) is 33.1 Å². The summed E-state index contributed by atoms with van der Waals surface area (Å²) in [7, 11) is 0. The Kier molecular flexibility index (Phi) is 7.18. The molecule has 1 unspecified atom stereocenters. The topological polar surface area (TPSA) is 145 Å². The third-order valence-electron chi connectivity index (χ3n) is 10.2. The number of hydrogen-bond acceptors (Lipinski definition) is 11. The van der Waals surface area contributed by atoms with E-state index in [0.29, 0.717) is 55.9 Å². The van der Waals surface area contributed by atoms with E-state index in [1.807, 2.05) is 17.9 Å². The molecule has 1 aromatic carbocycles. The fourth-order valence-corrected chi connectivity index (χ4v) is 7.91. The number of quaternary nitrogens is 1. The summed E-state index contributed by atoms with van der Waals surface area (Å²) in [6.45, 7) is 4.85. The number of aromatic amines is 1. The monoisotopic (exact) mass is 634 g/mol. The lowest BCUT2D eigenvalue weighted by atomic mass is 9.92. The van der Waals surface area contributed by atoms with Crippen molar-refractivity contribution >= 4 is 33.8 Å². The van der Waals surface area contributed by atoms with E-state index < -0.39 is 23.6 Å². The third kappa shape index (κ3) is 4.81. The summed E-state index contributed by atoms with van der Waals surface area (Å²) >= 11 is 0. The Morgan fingerprint density at radius 1 is 1.17 bits per heavy atom. The second-order valence-corrected chi connectivity index (χ2v) is 12.9. The summed E-state index contributed by atoms with van der Waals surface area (Å²) in [5, 5.41) is 19.7. The number of aromatic nitrogens is 5. The van der Waals surface area contributed by atoms with Gasteiger partial charge in [0.1, 0.15) is 42.8 Å². The molecule has 46 heavy (non-hydrogen) atoms. The molecule has 0 radical (unpaired) electrons. The van der Waals surface area contributed by atoms with Crippen LogP contribution >= 0.6 is 0 Å². The van der Waals surface area contributed by atoms with Gasteiger partial charge in [-0.1, -0.05) is 0 Å². The van der Waals surface area contributed by atoms with E-state index in [1.165, 1.54) is 0 Å². The van der Waals surface area contributed by atoms with E-state index in [4.69, 9.17) is 28.9 Å². The maximum absolute atomic E-state index is 17.0. The number of halogens is 1. The van der Waals surface area contributed by atoms with E-state index >= 15 is 4.39 Å². The van der Waals surface area contributed by atoms with Crippen LogP contribution in [0.4, 0.5) is 15.0 Å². The van der Waals surface area contributed by atoms with Gasteiger partial charge in [-0.05, 0) is 37.0 Å². The lowest BCUT2D eigenvalue weighted by molar-refractivity contribution is -1.12. The predicted octanol–water partition coefficient (Wildman–Crippen LogP) is 4.23. The van der Waals surface area contributed by atoms with Crippen molar-refractivity contribution in [2.24, 2.45) is 0 Å². The lowest BCUT2D eigenvalue weighted by Gasteiger charge is -2.36. The van der Waals surface area contributed by atoms with E-state index in [1.54, 1.807) is 12.4 Å². The van der Waals surface area contributed by atoms with Crippen LogP contribution in [-0.4, -0.2) is 105 Å². The molecule has 1 atom stereocenters. The first-order chi connectivity index (χ1) is 22.3. The Hall–Kier alpha value is -4.14. The first-order valence-corrected chi connectivity index (χ1v) is 16.1. The molecule has 0 spiro atoms. The van der Waals surface area contributed by atoms with Gasteiger partial charge in [-0.15, -0.1) is 0 Å². The maximum atomic E-state index is 17.0. The number of pyridine rings is 1. The largest absolute Gasteiger partial charge is 0.508 e. The molecule has 4 aromatic rings. The molecule has 3 aromatic heterocycles. The molecule has 0 amide bonds. The summed E-state index contributed by atoms with van der Waals surface area (Å²) in [6.07, 6.45) is 6.35. The molecule has 8 heterocycles. The smallest absolute Gasteiger partial charge is 0.457 e. The van der Waals surface area contributed by atoms with E-state index in [9.17, 15) is 10.0 Å². The van der Waals surface area contributed by atoms with Crippen LogP contribution in [0.5, 0.6) is 6.01 Å². The van der Waals surface area contributed by atoms with Crippen molar-refractivity contribution in [2.75, 3.05) is 57.5 Å². The van der Waals surface area contributed by atoms with Gasteiger partial charge in [-0.2, -0.15) is 19.7 Å². The van der Waals surface area contributed by atoms with Crippen molar-refractivity contribution in [3.8, 4) is 17.3 Å².